The summed E-state index contributed by atoms with van der Waals surface area (Å²) in [6.45, 7) is 0.963. The summed E-state index contributed by atoms with van der Waals surface area (Å²) in [7, 11) is 0. The van der Waals surface area contributed by atoms with Gasteiger partial charge in [0.15, 0.2) is 0 Å². The molecule has 0 aliphatic carbocycles. The Morgan fingerprint density at radius 3 is 2.12 bits per heavy atom. The first kappa shape index (κ1) is 12.5. The molecule has 0 aliphatic rings. The third kappa shape index (κ3) is 2.71. The molecule has 1 aromatic carbocycles. The van der Waals surface area contributed by atoms with E-state index in [9.17, 15) is 23.3 Å². The van der Waals surface area contributed by atoms with Gasteiger partial charge in [-0.25, -0.2) is 0 Å². The van der Waals surface area contributed by atoms with Crippen LogP contribution >= 0.6 is 0 Å². The SMILES string of the molecule is CC([C@@H](c1ccccc1)C(F)(F)F)[N+](=O)[O-]. The standard InChI is InChI=1S/C10H10F3NO2/c1-7(14(15)16)9(10(11,12)13)8-5-3-2-4-6-8/h2-7,9H,1H3/t7?,9-/m0/s1. The van der Waals surface area contributed by atoms with Gasteiger partial charge >= 0.3 is 6.18 Å². The zero-order valence-electron chi connectivity index (χ0n) is 8.44. The maximum atomic E-state index is 12.7. The van der Waals surface area contributed by atoms with E-state index in [-0.39, 0.29) is 5.56 Å². The molecule has 0 spiro atoms. The molecule has 2 atom stereocenters. The molecular formula is C10H10F3NO2. The lowest BCUT2D eigenvalue weighted by molar-refractivity contribution is -0.529. The zero-order chi connectivity index (χ0) is 12.3. The topological polar surface area (TPSA) is 43.1 Å². The van der Waals surface area contributed by atoms with E-state index in [1.807, 2.05) is 0 Å². The van der Waals surface area contributed by atoms with Gasteiger partial charge in [0.2, 0.25) is 6.04 Å². The maximum absolute atomic E-state index is 12.7. The minimum absolute atomic E-state index is 0.0841. The van der Waals surface area contributed by atoms with Gasteiger partial charge in [0.05, 0.1) is 0 Å². The lowest BCUT2D eigenvalue weighted by Gasteiger charge is -2.21. The van der Waals surface area contributed by atoms with E-state index in [1.165, 1.54) is 24.3 Å². The van der Waals surface area contributed by atoms with E-state index in [4.69, 9.17) is 0 Å². The molecule has 0 fully saturated rings. The fourth-order valence-electron chi connectivity index (χ4n) is 1.52. The van der Waals surface area contributed by atoms with Gasteiger partial charge in [-0.2, -0.15) is 13.2 Å². The number of hydrogen-bond acceptors (Lipinski definition) is 2. The van der Waals surface area contributed by atoms with E-state index >= 15 is 0 Å². The molecule has 0 amide bonds. The highest BCUT2D eigenvalue weighted by Gasteiger charge is 2.49. The molecule has 0 saturated heterocycles. The second kappa shape index (κ2) is 4.51. The molecule has 88 valence electrons. The molecule has 16 heavy (non-hydrogen) atoms. The van der Waals surface area contributed by atoms with Crippen LogP contribution in [0, 0.1) is 10.1 Å². The van der Waals surface area contributed by atoms with Crippen LogP contribution in [0.4, 0.5) is 13.2 Å². The molecule has 1 rings (SSSR count). The summed E-state index contributed by atoms with van der Waals surface area (Å²) in [5.74, 6) is -2.07. The highest BCUT2D eigenvalue weighted by Crippen LogP contribution is 2.38. The predicted octanol–water partition coefficient (Wildman–Crippen LogP) is 3.00. The van der Waals surface area contributed by atoms with Crippen LogP contribution in [0.3, 0.4) is 0 Å². The molecule has 0 saturated carbocycles. The highest BCUT2D eigenvalue weighted by molar-refractivity contribution is 5.22. The van der Waals surface area contributed by atoms with Gasteiger partial charge in [-0.1, -0.05) is 30.3 Å². The van der Waals surface area contributed by atoms with Crippen molar-refractivity contribution in [2.24, 2.45) is 0 Å². The van der Waals surface area contributed by atoms with E-state index in [0.717, 1.165) is 6.92 Å². The molecule has 0 N–H and O–H groups in total. The molecule has 1 aromatic rings. The van der Waals surface area contributed by atoms with Crippen molar-refractivity contribution in [1.29, 1.82) is 0 Å². The number of hydrogen-bond donors (Lipinski definition) is 0. The Bertz CT molecular complexity index is 364. The minimum Gasteiger partial charge on any atom is -0.264 e. The summed E-state index contributed by atoms with van der Waals surface area (Å²) >= 11 is 0. The summed E-state index contributed by atoms with van der Waals surface area (Å²) in [5.41, 5.74) is -0.0841. The van der Waals surface area contributed by atoms with Crippen molar-refractivity contribution in [3.63, 3.8) is 0 Å². The normalized spacial score (nSPS) is 15.5. The summed E-state index contributed by atoms with van der Waals surface area (Å²) in [6.07, 6.45) is -4.62. The average Bonchev–Trinajstić information content (AvgIpc) is 2.17. The van der Waals surface area contributed by atoms with Crippen LogP contribution in [0.25, 0.3) is 0 Å². The summed E-state index contributed by atoms with van der Waals surface area (Å²) in [6, 6.07) is 5.23. The van der Waals surface area contributed by atoms with Gasteiger partial charge in [0.1, 0.15) is 5.92 Å². The van der Waals surface area contributed by atoms with E-state index < -0.39 is 23.1 Å². The highest BCUT2D eigenvalue weighted by atomic mass is 19.4. The monoisotopic (exact) mass is 233 g/mol. The van der Waals surface area contributed by atoms with Crippen LogP contribution < -0.4 is 0 Å². The molecule has 0 heterocycles. The first-order chi connectivity index (χ1) is 7.34. The lowest BCUT2D eigenvalue weighted by atomic mass is 9.92. The Labute approximate surface area is 90.0 Å². The van der Waals surface area contributed by atoms with Gasteiger partial charge in [-0.15, -0.1) is 0 Å². The van der Waals surface area contributed by atoms with Crippen molar-refractivity contribution >= 4 is 0 Å². The fourth-order valence-corrected chi connectivity index (χ4v) is 1.52. The molecule has 0 aromatic heterocycles. The van der Waals surface area contributed by atoms with Crippen LogP contribution in [0.15, 0.2) is 30.3 Å². The predicted molar refractivity (Wildman–Crippen MR) is 51.7 cm³/mol. The summed E-state index contributed by atoms with van der Waals surface area (Å²) < 4.78 is 38.1. The van der Waals surface area contributed by atoms with Gasteiger partial charge in [-0.3, -0.25) is 10.1 Å². The second-order valence-corrected chi connectivity index (χ2v) is 3.46. The molecule has 0 radical (unpaired) electrons. The molecule has 0 aliphatic heterocycles. The molecular weight excluding hydrogens is 223 g/mol. The average molecular weight is 233 g/mol. The first-order valence-corrected chi connectivity index (χ1v) is 4.59. The maximum Gasteiger partial charge on any atom is 0.402 e. The number of benzene rings is 1. The van der Waals surface area contributed by atoms with Crippen LogP contribution in [0.2, 0.25) is 0 Å². The van der Waals surface area contributed by atoms with E-state index in [0.29, 0.717) is 0 Å². The Morgan fingerprint density at radius 2 is 1.75 bits per heavy atom. The van der Waals surface area contributed by atoms with Crippen LogP contribution in [-0.2, 0) is 0 Å². The number of alkyl halides is 3. The Balaban J connectivity index is 3.12. The third-order valence-corrected chi connectivity index (χ3v) is 2.33. The summed E-state index contributed by atoms with van der Waals surface area (Å²) in [4.78, 5) is 9.55. The number of nitro groups is 1. The fraction of sp³-hybridized carbons (Fsp3) is 0.400. The Hall–Kier alpha value is -1.59. The largest absolute Gasteiger partial charge is 0.402 e. The van der Waals surface area contributed by atoms with Crippen molar-refractivity contribution in [3.05, 3.63) is 46.0 Å². The Morgan fingerprint density at radius 1 is 1.25 bits per heavy atom. The lowest BCUT2D eigenvalue weighted by Crippen LogP contribution is -2.35. The zero-order valence-corrected chi connectivity index (χ0v) is 8.44. The Kier molecular flexibility index (Phi) is 3.51. The second-order valence-electron chi connectivity index (χ2n) is 3.46. The molecule has 1 unspecified atom stereocenters. The first-order valence-electron chi connectivity index (χ1n) is 4.59. The van der Waals surface area contributed by atoms with Gasteiger partial charge < -0.3 is 0 Å². The smallest absolute Gasteiger partial charge is 0.264 e. The molecule has 3 nitrogen and oxygen atoms in total. The number of rotatable bonds is 3. The van der Waals surface area contributed by atoms with E-state index in [2.05, 4.69) is 0 Å². The van der Waals surface area contributed by atoms with Crippen LogP contribution in [0.1, 0.15) is 18.4 Å². The van der Waals surface area contributed by atoms with Gasteiger partial charge in [0, 0.05) is 11.8 Å². The van der Waals surface area contributed by atoms with Crippen LogP contribution in [0.5, 0.6) is 0 Å². The van der Waals surface area contributed by atoms with Crippen molar-refractivity contribution in [2.45, 2.75) is 25.1 Å². The van der Waals surface area contributed by atoms with Crippen molar-refractivity contribution in [1.82, 2.24) is 0 Å². The number of nitrogens with zero attached hydrogens (tertiary/aromatic N) is 1. The third-order valence-electron chi connectivity index (χ3n) is 2.33. The van der Waals surface area contributed by atoms with Crippen molar-refractivity contribution in [2.75, 3.05) is 0 Å². The van der Waals surface area contributed by atoms with Crippen molar-refractivity contribution < 1.29 is 18.1 Å². The quantitative estimate of drug-likeness (QED) is 0.595. The summed E-state index contributed by atoms with van der Waals surface area (Å²) in [5, 5.41) is 10.5. The van der Waals surface area contributed by atoms with Crippen molar-refractivity contribution in [3.8, 4) is 0 Å². The van der Waals surface area contributed by atoms with Crippen LogP contribution in [-0.4, -0.2) is 17.1 Å². The minimum atomic E-state index is -4.62. The van der Waals surface area contributed by atoms with E-state index in [1.54, 1.807) is 6.07 Å². The van der Waals surface area contributed by atoms with Gasteiger partial charge in [-0.05, 0) is 5.56 Å². The van der Waals surface area contributed by atoms with Gasteiger partial charge in [0.25, 0.3) is 0 Å². The number of halogens is 3. The molecule has 0 bridgehead atoms. The molecule has 6 heteroatoms.